The first-order valence-corrected chi connectivity index (χ1v) is 9.92. The topological polar surface area (TPSA) is 58.1 Å². The van der Waals surface area contributed by atoms with Crippen LogP contribution in [0.15, 0.2) is 60.8 Å². The van der Waals surface area contributed by atoms with Gasteiger partial charge < -0.3 is 10.2 Å². The monoisotopic (exact) mass is 426 g/mol. The van der Waals surface area contributed by atoms with Gasteiger partial charge in [0, 0.05) is 43.1 Å². The number of alkyl halides is 3. The fraction of sp³-hybridized carbons (Fsp3) is 0.261. The second-order valence-corrected chi connectivity index (χ2v) is 7.39. The van der Waals surface area contributed by atoms with Crippen LogP contribution in [0.4, 0.5) is 19.0 Å². The molecule has 0 bridgehead atoms. The number of nitrogens with one attached hydrogen (secondary N) is 1. The fourth-order valence-corrected chi connectivity index (χ4v) is 3.75. The smallest absolute Gasteiger partial charge is 0.353 e. The van der Waals surface area contributed by atoms with Crippen molar-refractivity contribution in [2.24, 2.45) is 0 Å². The number of piperazine rings is 1. The van der Waals surface area contributed by atoms with Crippen LogP contribution in [0.5, 0.6) is 0 Å². The van der Waals surface area contributed by atoms with Crippen molar-refractivity contribution in [3.05, 3.63) is 88.9 Å². The average Bonchev–Trinajstić information content (AvgIpc) is 2.78. The van der Waals surface area contributed by atoms with Gasteiger partial charge in [-0.15, -0.1) is 0 Å². The lowest BCUT2D eigenvalue weighted by Gasteiger charge is -2.35. The van der Waals surface area contributed by atoms with Crippen molar-refractivity contribution >= 4 is 11.6 Å². The maximum absolute atomic E-state index is 13.7. The van der Waals surface area contributed by atoms with Crippen molar-refractivity contribution in [2.75, 3.05) is 24.5 Å². The number of carbonyl (C=O) groups excluding carboxylic acids is 1. The molecule has 3 heterocycles. The van der Waals surface area contributed by atoms with Gasteiger partial charge in [0.25, 0.3) is 0 Å². The fourth-order valence-electron chi connectivity index (χ4n) is 3.75. The van der Waals surface area contributed by atoms with Crippen LogP contribution in [0.25, 0.3) is 0 Å². The van der Waals surface area contributed by atoms with Crippen LogP contribution in [0, 0.1) is 6.92 Å². The van der Waals surface area contributed by atoms with E-state index in [2.05, 4.69) is 15.3 Å². The van der Waals surface area contributed by atoms with Crippen molar-refractivity contribution in [1.82, 2.24) is 15.3 Å². The molecule has 0 saturated carbocycles. The van der Waals surface area contributed by atoms with Crippen LogP contribution in [0.3, 0.4) is 0 Å². The molecule has 1 atom stereocenters. The standard InChI is InChI=1S/C23H21F3N4O/c1-15-17(8-5-11-27-15)22(31)21-18(23(24,25)26)9-10-20(29-21)30-13-12-28-19(14-30)16-6-3-2-4-7-16/h2-11,19,28H,12-14H2,1H3. The molecule has 1 aliphatic rings. The maximum atomic E-state index is 13.7. The zero-order chi connectivity index (χ0) is 22.0. The lowest BCUT2D eigenvalue weighted by atomic mass is 10.0. The first-order chi connectivity index (χ1) is 14.8. The molecule has 3 aromatic rings. The summed E-state index contributed by atoms with van der Waals surface area (Å²) in [4.78, 5) is 23.2. The van der Waals surface area contributed by atoms with Crippen LogP contribution in [0.1, 0.15) is 38.9 Å². The molecule has 31 heavy (non-hydrogen) atoms. The normalized spacial score (nSPS) is 16.9. The Kier molecular flexibility index (Phi) is 5.73. The Morgan fingerprint density at radius 2 is 1.87 bits per heavy atom. The zero-order valence-corrected chi connectivity index (χ0v) is 16.9. The molecule has 2 aromatic heterocycles. The van der Waals surface area contributed by atoms with Crippen LogP contribution in [-0.4, -0.2) is 35.4 Å². The average molecular weight is 426 g/mol. The molecule has 160 valence electrons. The quantitative estimate of drug-likeness (QED) is 0.634. The molecule has 1 aliphatic heterocycles. The third-order valence-corrected chi connectivity index (χ3v) is 5.35. The van der Waals surface area contributed by atoms with E-state index in [1.807, 2.05) is 35.2 Å². The zero-order valence-electron chi connectivity index (χ0n) is 16.9. The van der Waals surface area contributed by atoms with Gasteiger partial charge in [-0.25, -0.2) is 4.98 Å². The van der Waals surface area contributed by atoms with E-state index in [9.17, 15) is 18.0 Å². The molecular weight excluding hydrogens is 405 g/mol. The number of ketones is 1. The van der Waals surface area contributed by atoms with Crippen molar-refractivity contribution < 1.29 is 18.0 Å². The third kappa shape index (κ3) is 4.44. The Morgan fingerprint density at radius 3 is 2.58 bits per heavy atom. The summed E-state index contributed by atoms with van der Waals surface area (Å²) >= 11 is 0. The van der Waals surface area contributed by atoms with Gasteiger partial charge >= 0.3 is 6.18 Å². The molecule has 1 unspecified atom stereocenters. The predicted molar refractivity (Wildman–Crippen MR) is 111 cm³/mol. The summed E-state index contributed by atoms with van der Waals surface area (Å²) < 4.78 is 41.0. The summed E-state index contributed by atoms with van der Waals surface area (Å²) in [6.07, 6.45) is -3.20. The Labute approximate surface area is 178 Å². The Morgan fingerprint density at radius 1 is 1.10 bits per heavy atom. The molecule has 8 heteroatoms. The van der Waals surface area contributed by atoms with Gasteiger partial charge in [0.15, 0.2) is 0 Å². The van der Waals surface area contributed by atoms with E-state index in [1.54, 1.807) is 6.92 Å². The summed E-state index contributed by atoms with van der Waals surface area (Å²) in [5, 5.41) is 3.42. The third-order valence-electron chi connectivity index (χ3n) is 5.35. The summed E-state index contributed by atoms with van der Waals surface area (Å²) in [5.41, 5.74) is -0.0872. The SMILES string of the molecule is Cc1ncccc1C(=O)c1nc(N2CCNC(c3ccccc3)C2)ccc1C(F)(F)F. The molecule has 1 N–H and O–H groups in total. The van der Waals surface area contributed by atoms with E-state index >= 15 is 0 Å². The molecule has 0 amide bonds. The minimum Gasteiger partial charge on any atom is -0.353 e. The minimum atomic E-state index is -4.69. The van der Waals surface area contributed by atoms with Crippen LogP contribution < -0.4 is 10.2 Å². The highest BCUT2D eigenvalue weighted by atomic mass is 19.4. The van der Waals surface area contributed by atoms with Crippen molar-refractivity contribution in [1.29, 1.82) is 0 Å². The molecule has 5 nitrogen and oxygen atoms in total. The number of nitrogens with zero attached hydrogens (tertiary/aromatic N) is 3. The van der Waals surface area contributed by atoms with Gasteiger partial charge in [-0.05, 0) is 36.8 Å². The highest BCUT2D eigenvalue weighted by Crippen LogP contribution is 2.34. The van der Waals surface area contributed by atoms with E-state index in [0.717, 1.165) is 11.6 Å². The molecule has 0 spiro atoms. The summed E-state index contributed by atoms with van der Waals surface area (Å²) in [6.45, 7) is 3.33. The molecule has 1 aromatic carbocycles. The van der Waals surface area contributed by atoms with Gasteiger partial charge in [0.1, 0.15) is 11.5 Å². The molecule has 0 aliphatic carbocycles. The van der Waals surface area contributed by atoms with Crippen molar-refractivity contribution in [3.8, 4) is 0 Å². The summed E-state index contributed by atoms with van der Waals surface area (Å²) in [5.74, 6) is -0.435. The lowest BCUT2D eigenvalue weighted by molar-refractivity contribution is -0.138. The van der Waals surface area contributed by atoms with E-state index in [4.69, 9.17) is 0 Å². The molecule has 1 fully saturated rings. The Balaban J connectivity index is 1.70. The number of aryl methyl sites for hydroxylation is 1. The van der Waals surface area contributed by atoms with E-state index in [1.165, 1.54) is 24.4 Å². The Hall–Kier alpha value is -3.26. The second kappa shape index (κ2) is 8.47. The van der Waals surface area contributed by atoms with E-state index in [-0.39, 0.29) is 11.6 Å². The van der Waals surface area contributed by atoms with Crippen LogP contribution >= 0.6 is 0 Å². The van der Waals surface area contributed by atoms with Gasteiger partial charge in [-0.2, -0.15) is 13.2 Å². The number of anilines is 1. The minimum absolute atomic E-state index is 0.0127. The highest BCUT2D eigenvalue weighted by molar-refractivity contribution is 6.09. The number of rotatable bonds is 4. The summed E-state index contributed by atoms with van der Waals surface area (Å²) in [7, 11) is 0. The first kappa shape index (κ1) is 21.0. The Bertz CT molecular complexity index is 1090. The molecule has 1 saturated heterocycles. The van der Waals surface area contributed by atoms with Crippen LogP contribution in [0.2, 0.25) is 0 Å². The number of aromatic nitrogens is 2. The van der Waals surface area contributed by atoms with Gasteiger partial charge in [0.2, 0.25) is 5.78 Å². The molecule has 4 rings (SSSR count). The number of pyridine rings is 2. The van der Waals surface area contributed by atoms with Gasteiger partial charge in [0.05, 0.1) is 5.56 Å². The summed E-state index contributed by atoms with van der Waals surface area (Å²) in [6, 6.07) is 15.1. The largest absolute Gasteiger partial charge is 0.418 e. The molecular formula is C23H21F3N4O. The van der Waals surface area contributed by atoms with Gasteiger partial charge in [-0.3, -0.25) is 9.78 Å². The highest BCUT2D eigenvalue weighted by Gasteiger charge is 2.37. The van der Waals surface area contributed by atoms with Gasteiger partial charge in [-0.1, -0.05) is 30.3 Å². The predicted octanol–water partition coefficient (Wildman–Crippen LogP) is 4.19. The van der Waals surface area contributed by atoms with Crippen LogP contribution in [-0.2, 0) is 6.18 Å². The van der Waals surface area contributed by atoms with E-state index in [0.29, 0.717) is 31.1 Å². The number of hydrogen-bond donors (Lipinski definition) is 1. The van der Waals surface area contributed by atoms with E-state index < -0.39 is 23.2 Å². The first-order valence-electron chi connectivity index (χ1n) is 9.92. The second-order valence-electron chi connectivity index (χ2n) is 7.39. The van der Waals surface area contributed by atoms with Crippen molar-refractivity contribution in [3.63, 3.8) is 0 Å². The number of hydrogen-bond acceptors (Lipinski definition) is 5. The van der Waals surface area contributed by atoms with Crippen molar-refractivity contribution in [2.45, 2.75) is 19.1 Å². The number of halogens is 3. The molecule has 0 radical (unpaired) electrons. The number of carbonyl (C=O) groups is 1. The number of benzene rings is 1. The maximum Gasteiger partial charge on any atom is 0.418 e. The lowest BCUT2D eigenvalue weighted by Crippen LogP contribution is -2.46.